The molecule has 0 bridgehead atoms. The van der Waals surface area contributed by atoms with Crippen LogP contribution in [0.1, 0.15) is 107 Å². The van der Waals surface area contributed by atoms with Crippen molar-refractivity contribution in [3.63, 3.8) is 0 Å². The van der Waals surface area contributed by atoms with Gasteiger partial charge < -0.3 is 20.1 Å². The zero-order valence-electron chi connectivity index (χ0n) is 23.9. The predicted molar refractivity (Wildman–Crippen MR) is 138 cm³/mol. The third-order valence-corrected chi connectivity index (χ3v) is 14.5. The highest BCUT2D eigenvalue weighted by molar-refractivity contribution is 5.94. The molecule has 0 aromatic rings. The van der Waals surface area contributed by atoms with Crippen LogP contribution in [0, 0.1) is 50.2 Å². The zero-order valence-corrected chi connectivity index (χ0v) is 23.9. The first-order valence-corrected chi connectivity index (χ1v) is 14.7. The molecule has 5 aliphatic carbocycles. The number of ketones is 1. The first-order valence-electron chi connectivity index (χ1n) is 14.7. The van der Waals surface area contributed by atoms with E-state index in [1.54, 1.807) is 13.8 Å². The van der Waals surface area contributed by atoms with Crippen molar-refractivity contribution in [3.8, 4) is 0 Å². The Bertz CT molecular complexity index is 984. The molecule has 0 unspecified atom stereocenters. The molecule has 0 aromatic carbocycles. The van der Waals surface area contributed by atoms with Crippen LogP contribution in [0.25, 0.3) is 0 Å². The zero-order chi connectivity index (χ0) is 26.5. The standard InChI is InChI=1S/C31H50O5/c1-17-15-18(23(33)26(4,5)35)36-22-21(17)27(6)13-14-31-16-30(31)12-10-20(32)25(2,3)19(30)9-11-28(31,7)29(27,8)24(22)34/h17-23,32-33,35H,9-16H2,1-8H3/t17-,18-,19+,20+,21+,22-,23-,27-,28+,29-,30-,31+/m1/s1. The van der Waals surface area contributed by atoms with Crippen LogP contribution in [0.15, 0.2) is 0 Å². The van der Waals surface area contributed by atoms with E-state index >= 15 is 0 Å². The van der Waals surface area contributed by atoms with Crippen LogP contribution in [0.2, 0.25) is 0 Å². The van der Waals surface area contributed by atoms with Crippen LogP contribution in [0.3, 0.4) is 0 Å². The summed E-state index contributed by atoms with van der Waals surface area (Å²) in [7, 11) is 0. The minimum absolute atomic E-state index is 0.0729. The van der Waals surface area contributed by atoms with Crippen molar-refractivity contribution in [1.82, 2.24) is 0 Å². The molecule has 5 nitrogen and oxygen atoms in total. The van der Waals surface area contributed by atoms with Gasteiger partial charge in [-0.15, -0.1) is 0 Å². The van der Waals surface area contributed by atoms with E-state index in [4.69, 9.17) is 4.74 Å². The molecule has 2 spiro atoms. The normalized spacial score (nSPS) is 58.1. The summed E-state index contributed by atoms with van der Waals surface area (Å²) in [6.45, 7) is 17.2. The van der Waals surface area contributed by atoms with Crippen LogP contribution >= 0.6 is 0 Å². The van der Waals surface area contributed by atoms with Crippen LogP contribution < -0.4 is 0 Å². The Morgan fingerprint density at radius 1 is 1.03 bits per heavy atom. The Balaban J connectivity index is 1.41. The number of rotatable bonds is 2. The molecular formula is C31H50O5. The fourth-order valence-corrected chi connectivity index (χ4v) is 12.2. The minimum atomic E-state index is -1.27. The third-order valence-electron chi connectivity index (χ3n) is 14.5. The van der Waals surface area contributed by atoms with Gasteiger partial charge in [-0.2, -0.15) is 0 Å². The highest BCUT2D eigenvalue weighted by Crippen LogP contribution is 2.92. The molecule has 5 heteroatoms. The Kier molecular flexibility index (Phi) is 5.00. The Hall–Kier alpha value is -0.490. The molecular weight excluding hydrogens is 452 g/mol. The number of hydrogen-bond donors (Lipinski definition) is 3. The van der Waals surface area contributed by atoms with Gasteiger partial charge in [0.1, 0.15) is 12.2 Å². The van der Waals surface area contributed by atoms with Gasteiger partial charge in [-0.1, -0.05) is 41.5 Å². The van der Waals surface area contributed by atoms with Gasteiger partial charge in [0.05, 0.1) is 17.8 Å². The molecule has 12 atom stereocenters. The third kappa shape index (κ3) is 2.52. The number of fused-ring (bicyclic) bond motifs is 4. The maximum atomic E-state index is 14.7. The van der Waals surface area contributed by atoms with Crippen LogP contribution in [0.5, 0.6) is 0 Å². The number of aliphatic hydroxyl groups excluding tert-OH is 2. The van der Waals surface area contributed by atoms with E-state index in [1.807, 2.05) is 0 Å². The highest BCUT2D eigenvalue weighted by atomic mass is 16.5. The number of aliphatic hydroxyl groups is 3. The Labute approximate surface area is 217 Å². The van der Waals surface area contributed by atoms with Gasteiger partial charge in [-0.05, 0) is 104 Å². The average molecular weight is 503 g/mol. The molecule has 3 N–H and O–H groups in total. The lowest BCUT2D eigenvalue weighted by molar-refractivity contribution is -0.213. The molecule has 6 aliphatic rings. The first kappa shape index (κ1) is 25.8. The van der Waals surface area contributed by atoms with E-state index in [1.165, 1.54) is 12.8 Å². The van der Waals surface area contributed by atoms with Crippen LogP contribution in [-0.2, 0) is 9.53 Å². The highest BCUT2D eigenvalue weighted by Gasteiger charge is 2.88. The first-order chi connectivity index (χ1) is 16.4. The minimum Gasteiger partial charge on any atom is -0.393 e. The fourth-order valence-electron chi connectivity index (χ4n) is 12.2. The predicted octanol–water partition coefficient (Wildman–Crippen LogP) is 4.89. The molecule has 204 valence electrons. The summed E-state index contributed by atoms with van der Waals surface area (Å²) in [5.74, 6) is 1.17. The van der Waals surface area contributed by atoms with Crippen LogP contribution in [0.4, 0.5) is 0 Å². The quantitative estimate of drug-likeness (QED) is 0.500. The second-order valence-electron chi connectivity index (χ2n) is 16.1. The maximum absolute atomic E-state index is 14.7. The number of ether oxygens (including phenoxy) is 1. The second kappa shape index (κ2) is 6.98. The van der Waals surface area contributed by atoms with E-state index in [0.29, 0.717) is 12.3 Å². The SMILES string of the molecule is C[C@@H]1C[C@H]([C@@H](O)C(C)(C)O)O[C@H]2C(=O)[C@@]3(C)[C@]4(C)CC[C@H]5C(C)(C)[C@@H](O)CC[C@@]56C[C@]64CC[C@]3(C)[C@@H]12. The van der Waals surface area contributed by atoms with Gasteiger partial charge in [0, 0.05) is 11.3 Å². The number of Topliss-reactive ketones (excluding diaryl/α,β-unsaturated/α-hetero) is 1. The summed E-state index contributed by atoms with van der Waals surface area (Å²) in [6, 6.07) is 0. The van der Waals surface area contributed by atoms with E-state index < -0.39 is 29.3 Å². The van der Waals surface area contributed by atoms with Gasteiger partial charge in [0.25, 0.3) is 0 Å². The van der Waals surface area contributed by atoms with E-state index in [9.17, 15) is 20.1 Å². The lowest BCUT2D eigenvalue weighted by atomic mass is 9.36. The lowest BCUT2D eigenvalue weighted by Crippen LogP contribution is -2.64. The average Bonchev–Trinajstić information content (AvgIpc) is 3.42. The summed E-state index contributed by atoms with van der Waals surface area (Å²) in [5, 5.41) is 32.3. The van der Waals surface area contributed by atoms with E-state index in [0.717, 1.165) is 32.1 Å². The van der Waals surface area contributed by atoms with Gasteiger partial charge in [0.15, 0.2) is 5.78 Å². The summed E-state index contributed by atoms with van der Waals surface area (Å²) in [6.07, 6.45) is 5.94. The molecule has 0 amide bonds. The topological polar surface area (TPSA) is 87.0 Å². The molecule has 0 radical (unpaired) electrons. The van der Waals surface area contributed by atoms with Crippen molar-refractivity contribution in [2.45, 2.75) is 137 Å². The summed E-state index contributed by atoms with van der Waals surface area (Å²) < 4.78 is 6.53. The van der Waals surface area contributed by atoms with Crippen molar-refractivity contribution in [1.29, 1.82) is 0 Å². The van der Waals surface area contributed by atoms with Gasteiger partial charge in [-0.3, -0.25) is 4.79 Å². The van der Waals surface area contributed by atoms with Gasteiger partial charge >= 0.3 is 0 Å². The summed E-state index contributed by atoms with van der Waals surface area (Å²) in [4.78, 5) is 14.7. The lowest BCUT2D eigenvalue weighted by Gasteiger charge is -2.67. The molecule has 0 aromatic heterocycles. The van der Waals surface area contributed by atoms with Crippen molar-refractivity contribution in [2.75, 3.05) is 0 Å². The Morgan fingerprint density at radius 2 is 1.69 bits per heavy atom. The number of carbonyl (C=O) groups is 1. The molecule has 6 fully saturated rings. The van der Waals surface area contributed by atoms with Crippen molar-refractivity contribution < 1.29 is 24.9 Å². The molecule has 5 saturated carbocycles. The number of carbonyl (C=O) groups excluding carboxylic acids is 1. The molecule has 36 heavy (non-hydrogen) atoms. The summed E-state index contributed by atoms with van der Waals surface area (Å²) in [5.41, 5.74) is -1.63. The number of hydrogen-bond acceptors (Lipinski definition) is 5. The van der Waals surface area contributed by atoms with E-state index in [2.05, 4.69) is 41.5 Å². The van der Waals surface area contributed by atoms with Gasteiger partial charge in [0.2, 0.25) is 0 Å². The molecule has 6 rings (SSSR count). The smallest absolute Gasteiger partial charge is 0.168 e. The molecule has 1 heterocycles. The molecule has 1 aliphatic heterocycles. The van der Waals surface area contributed by atoms with Crippen molar-refractivity contribution >= 4 is 5.78 Å². The summed E-state index contributed by atoms with van der Waals surface area (Å²) >= 11 is 0. The maximum Gasteiger partial charge on any atom is 0.168 e. The van der Waals surface area contributed by atoms with Gasteiger partial charge in [-0.25, -0.2) is 0 Å². The van der Waals surface area contributed by atoms with Crippen molar-refractivity contribution in [3.05, 3.63) is 0 Å². The second-order valence-corrected chi connectivity index (χ2v) is 16.1. The monoisotopic (exact) mass is 502 g/mol. The fraction of sp³-hybridized carbons (Fsp3) is 0.968. The Morgan fingerprint density at radius 3 is 2.33 bits per heavy atom. The van der Waals surface area contributed by atoms with Crippen molar-refractivity contribution in [2.24, 2.45) is 50.2 Å². The largest absolute Gasteiger partial charge is 0.393 e. The van der Waals surface area contributed by atoms with E-state index in [-0.39, 0.29) is 50.8 Å². The molecule has 1 saturated heterocycles. The van der Waals surface area contributed by atoms with Crippen LogP contribution in [-0.4, -0.2) is 51.1 Å².